The third-order valence-corrected chi connectivity index (χ3v) is 7.60. The number of carbonyl (C=O) groups is 1. The van der Waals surface area contributed by atoms with E-state index in [1.807, 2.05) is 0 Å². The second-order valence-corrected chi connectivity index (χ2v) is 11.8. The van der Waals surface area contributed by atoms with Gasteiger partial charge in [0.25, 0.3) is 0 Å². The summed E-state index contributed by atoms with van der Waals surface area (Å²) in [7, 11) is 0.507. The molecule has 0 aliphatic carbocycles. The summed E-state index contributed by atoms with van der Waals surface area (Å²) >= 11 is 0. The second-order valence-electron chi connectivity index (χ2n) is 9.80. The minimum absolute atomic E-state index is 0.0725. The fourth-order valence-corrected chi connectivity index (χ4v) is 5.28. The van der Waals surface area contributed by atoms with Gasteiger partial charge in [-0.1, -0.05) is 12.1 Å². The van der Waals surface area contributed by atoms with Crippen LogP contribution in [0.1, 0.15) is 44.5 Å². The molecule has 12 heteroatoms. The molecule has 1 atom stereocenters. The summed E-state index contributed by atoms with van der Waals surface area (Å²) in [6.07, 6.45) is 1.02. The fourth-order valence-electron chi connectivity index (χ4n) is 3.80. The predicted molar refractivity (Wildman–Crippen MR) is 139 cm³/mol. The van der Waals surface area contributed by atoms with Crippen LogP contribution in [0.2, 0.25) is 0 Å². The predicted octanol–water partition coefficient (Wildman–Crippen LogP) is 3.26. The Labute approximate surface area is 216 Å². The van der Waals surface area contributed by atoms with Crippen LogP contribution < -0.4 is 10.1 Å². The van der Waals surface area contributed by atoms with Crippen molar-refractivity contribution in [3.63, 3.8) is 0 Å². The highest BCUT2D eigenvalue weighted by atomic mass is 32.2. The molecule has 2 aromatic rings. The van der Waals surface area contributed by atoms with Crippen LogP contribution in [0.25, 0.3) is 0 Å². The molecule has 1 N–H and O–H groups in total. The van der Waals surface area contributed by atoms with E-state index in [4.69, 9.17) is 9.47 Å². The lowest BCUT2D eigenvalue weighted by Crippen LogP contribution is -2.54. The highest BCUT2D eigenvalue weighted by molar-refractivity contribution is 7.89. The molecular formula is C25H32FN5O5S. The molecule has 0 radical (unpaired) electrons. The standard InChI is InChI=1S/C25H32FN5O5S/c1-24(2,3)36-23(32)29-22-30-25(4,15-37(33,34)31(22)6)18-12-16(8-10-19(18)26)13-21(27-5)20-11-9-17(35-7)14-28-20/h8-12,14H,13,15H2,1-7H3,(H,29,30,32)/t25-/m0/s1. The number of aromatic nitrogens is 1. The number of hydrogen-bond donors (Lipinski definition) is 1. The number of guanidine groups is 1. The normalized spacial score (nSPS) is 19.7. The molecule has 200 valence electrons. The molecule has 0 fully saturated rings. The summed E-state index contributed by atoms with van der Waals surface area (Å²) < 4.78 is 52.4. The maximum Gasteiger partial charge on any atom is 0.414 e. The SMILES string of the molecule is CN=C(Cc1ccc(F)c([C@]2(C)CS(=O)(=O)N(C)C(NC(=O)OC(C)(C)C)=N2)c1)c1ccc(OC)cn1. The monoisotopic (exact) mass is 533 g/mol. The van der Waals surface area contributed by atoms with Crippen LogP contribution in [-0.2, 0) is 26.7 Å². The van der Waals surface area contributed by atoms with Crippen molar-refractivity contribution in [1.82, 2.24) is 14.6 Å². The minimum Gasteiger partial charge on any atom is -0.495 e. The van der Waals surface area contributed by atoms with E-state index in [1.54, 1.807) is 65.4 Å². The van der Waals surface area contributed by atoms with E-state index < -0.39 is 38.8 Å². The number of hydrogen-bond acceptors (Lipinski definition) is 8. The van der Waals surface area contributed by atoms with E-state index in [0.717, 1.165) is 4.31 Å². The smallest absolute Gasteiger partial charge is 0.414 e. The van der Waals surface area contributed by atoms with Crippen LogP contribution in [0, 0.1) is 5.82 Å². The van der Waals surface area contributed by atoms with Crippen molar-refractivity contribution in [1.29, 1.82) is 0 Å². The Bertz CT molecular complexity index is 1340. The maximum atomic E-state index is 15.1. The first-order valence-corrected chi connectivity index (χ1v) is 13.1. The van der Waals surface area contributed by atoms with Crippen molar-refractivity contribution in [2.45, 2.75) is 45.3 Å². The first kappa shape index (κ1) is 28.0. The number of halogens is 1. The van der Waals surface area contributed by atoms with E-state index in [9.17, 15) is 13.2 Å². The van der Waals surface area contributed by atoms with Crippen LogP contribution >= 0.6 is 0 Å². The zero-order chi connectivity index (χ0) is 27.6. The lowest BCUT2D eigenvalue weighted by molar-refractivity contribution is 0.0559. The molecule has 0 unspecified atom stereocenters. The number of alkyl carbamates (subject to hydrolysis) is 1. The van der Waals surface area contributed by atoms with Gasteiger partial charge in [-0.3, -0.25) is 15.3 Å². The van der Waals surface area contributed by atoms with E-state index >= 15 is 4.39 Å². The molecule has 0 spiro atoms. The molecular weight excluding hydrogens is 501 g/mol. The first-order chi connectivity index (χ1) is 17.2. The first-order valence-electron chi connectivity index (χ1n) is 11.5. The highest BCUT2D eigenvalue weighted by Gasteiger charge is 2.43. The van der Waals surface area contributed by atoms with E-state index in [1.165, 1.54) is 20.0 Å². The van der Waals surface area contributed by atoms with Crippen molar-refractivity contribution in [2.24, 2.45) is 9.98 Å². The van der Waals surface area contributed by atoms with Gasteiger partial charge in [-0.2, -0.15) is 0 Å². The van der Waals surface area contributed by atoms with Crippen LogP contribution in [0.5, 0.6) is 5.75 Å². The van der Waals surface area contributed by atoms with Gasteiger partial charge in [0.15, 0.2) is 0 Å². The summed E-state index contributed by atoms with van der Waals surface area (Å²) in [5.74, 6) is -0.770. The van der Waals surface area contributed by atoms with Crippen molar-refractivity contribution in [2.75, 3.05) is 27.0 Å². The number of nitrogens with zero attached hydrogens (tertiary/aromatic N) is 4. The molecule has 1 amide bonds. The Hall–Kier alpha value is -3.54. The van der Waals surface area contributed by atoms with Gasteiger partial charge in [-0.05, 0) is 51.5 Å². The Morgan fingerprint density at radius 3 is 2.54 bits per heavy atom. The number of carbonyl (C=O) groups excluding carboxylic acids is 1. The zero-order valence-corrected chi connectivity index (χ0v) is 22.8. The van der Waals surface area contributed by atoms with Gasteiger partial charge in [0.05, 0.1) is 30.5 Å². The number of methoxy groups -OCH3 is 1. The Kier molecular flexibility index (Phi) is 7.91. The molecule has 0 saturated heterocycles. The summed E-state index contributed by atoms with van der Waals surface area (Å²) in [5, 5.41) is 2.39. The third kappa shape index (κ3) is 6.62. The van der Waals surface area contributed by atoms with Crippen molar-refractivity contribution < 1.29 is 27.1 Å². The second kappa shape index (κ2) is 10.4. The molecule has 37 heavy (non-hydrogen) atoms. The Morgan fingerprint density at radius 1 is 1.27 bits per heavy atom. The molecule has 10 nitrogen and oxygen atoms in total. The van der Waals surface area contributed by atoms with Gasteiger partial charge in [0.1, 0.15) is 22.7 Å². The fraction of sp³-hybridized carbons (Fsp3) is 0.440. The highest BCUT2D eigenvalue weighted by Crippen LogP contribution is 2.34. The molecule has 1 aliphatic rings. The Balaban J connectivity index is 1.98. The average molecular weight is 534 g/mol. The number of aliphatic imine (C=N–C) groups is 2. The summed E-state index contributed by atoms with van der Waals surface area (Å²) in [6.45, 7) is 6.54. The topological polar surface area (TPSA) is 123 Å². The van der Waals surface area contributed by atoms with E-state index in [2.05, 4.69) is 20.3 Å². The third-order valence-electron chi connectivity index (χ3n) is 5.66. The van der Waals surface area contributed by atoms with Crippen molar-refractivity contribution in [3.8, 4) is 5.75 Å². The largest absolute Gasteiger partial charge is 0.495 e. The number of rotatable bonds is 5. The van der Waals surface area contributed by atoms with Gasteiger partial charge in [0.2, 0.25) is 16.0 Å². The summed E-state index contributed by atoms with van der Waals surface area (Å²) in [4.78, 5) is 25.5. The van der Waals surface area contributed by atoms with Gasteiger partial charge in [-0.25, -0.2) is 26.9 Å². The lowest BCUT2D eigenvalue weighted by atomic mass is 9.91. The maximum absolute atomic E-state index is 15.1. The molecule has 0 saturated carbocycles. The molecule has 3 rings (SSSR count). The van der Waals surface area contributed by atoms with Gasteiger partial charge in [0, 0.05) is 26.1 Å². The molecule has 2 heterocycles. The quantitative estimate of drug-likeness (QED) is 0.589. The summed E-state index contributed by atoms with van der Waals surface area (Å²) in [5.41, 5.74) is -0.288. The van der Waals surface area contributed by atoms with E-state index in [-0.39, 0.29) is 11.5 Å². The van der Waals surface area contributed by atoms with Crippen molar-refractivity contribution >= 4 is 27.8 Å². The average Bonchev–Trinajstić information content (AvgIpc) is 2.80. The molecule has 1 aromatic heterocycles. The van der Waals surface area contributed by atoms with Gasteiger partial charge >= 0.3 is 6.09 Å². The molecule has 0 bridgehead atoms. The van der Waals surface area contributed by atoms with Crippen LogP contribution in [0.15, 0.2) is 46.5 Å². The van der Waals surface area contributed by atoms with Crippen LogP contribution in [0.3, 0.4) is 0 Å². The summed E-state index contributed by atoms with van der Waals surface area (Å²) in [6, 6.07) is 7.98. The van der Waals surface area contributed by atoms with Crippen LogP contribution in [-0.4, -0.2) is 68.0 Å². The van der Waals surface area contributed by atoms with Crippen LogP contribution in [0.4, 0.5) is 9.18 Å². The number of pyridine rings is 1. The lowest BCUT2D eigenvalue weighted by Gasteiger charge is -2.36. The van der Waals surface area contributed by atoms with Gasteiger partial charge in [-0.15, -0.1) is 0 Å². The number of amides is 1. The minimum atomic E-state index is -3.94. The van der Waals surface area contributed by atoms with Gasteiger partial charge < -0.3 is 9.47 Å². The molecule has 1 aromatic carbocycles. The van der Waals surface area contributed by atoms with E-state index in [0.29, 0.717) is 29.1 Å². The Morgan fingerprint density at radius 2 is 1.97 bits per heavy atom. The number of nitrogens with one attached hydrogen (secondary N) is 1. The zero-order valence-electron chi connectivity index (χ0n) is 22.0. The number of ether oxygens (including phenoxy) is 2. The number of sulfonamides is 1. The number of benzene rings is 1. The van der Waals surface area contributed by atoms with Crippen molar-refractivity contribution in [3.05, 3.63) is 59.2 Å². The molecule has 1 aliphatic heterocycles.